The summed E-state index contributed by atoms with van der Waals surface area (Å²) in [6.45, 7) is -1.07. The first kappa shape index (κ1) is 20.3. The Morgan fingerprint density at radius 3 is 2.66 bits per heavy atom. The molecule has 1 aromatic heterocycles. The zero-order valence-electron chi connectivity index (χ0n) is 15.4. The van der Waals surface area contributed by atoms with Crippen molar-refractivity contribution in [3.63, 3.8) is 0 Å². The molecule has 150 valence electrons. The Bertz CT molecular complexity index is 1000. The molecule has 0 spiro atoms. The van der Waals surface area contributed by atoms with E-state index < -0.39 is 12.8 Å². The minimum atomic E-state index is -1.17. The number of hydrogen-bond acceptors (Lipinski definition) is 6. The first-order valence-corrected chi connectivity index (χ1v) is 8.87. The monoisotopic (exact) mass is 417 g/mol. The third-order valence-electron chi connectivity index (χ3n) is 3.89. The van der Waals surface area contributed by atoms with Gasteiger partial charge in [-0.2, -0.15) is 0 Å². The van der Waals surface area contributed by atoms with Crippen LogP contribution in [0.25, 0.3) is 5.69 Å². The van der Waals surface area contributed by atoms with E-state index in [1.807, 2.05) is 12.1 Å². The molecule has 29 heavy (non-hydrogen) atoms. The van der Waals surface area contributed by atoms with E-state index in [1.54, 1.807) is 53.3 Å². The average Bonchev–Trinajstić information content (AvgIpc) is 3.22. The normalized spacial score (nSPS) is 11.2. The molecule has 0 saturated carbocycles. The van der Waals surface area contributed by atoms with Gasteiger partial charge in [-0.1, -0.05) is 41.0 Å². The van der Waals surface area contributed by atoms with Gasteiger partial charge in [-0.25, -0.2) is 13.9 Å². The minimum absolute atomic E-state index is 0.0967. The van der Waals surface area contributed by atoms with E-state index in [0.717, 1.165) is 5.69 Å². The average molecular weight is 418 g/mol. The van der Waals surface area contributed by atoms with E-state index in [-0.39, 0.29) is 12.3 Å². The van der Waals surface area contributed by atoms with Crippen molar-refractivity contribution in [1.29, 1.82) is 0 Å². The number of alkyl halides is 1. The van der Waals surface area contributed by atoms with Gasteiger partial charge in [0.15, 0.2) is 5.71 Å². The second kappa shape index (κ2) is 9.70. The van der Waals surface area contributed by atoms with Gasteiger partial charge in [0.1, 0.15) is 6.61 Å². The third-order valence-corrected chi connectivity index (χ3v) is 4.14. The summed E-state index contributed by atoms with van der Waals surface area (Å²) in [6, 6.07) is 15.8. The summed E-state index contributed by atoms with van der Waals surface area (Å²) in [6.07, 6.45) is 1.75. The van der Waals surface area contributed by atoms with Gasteiger partial charge in [-0.3, -0.25) is 0 Å². The molecule has 1 heterocycles. The predicted octanol–water partition coefficient (Wildman–Crippen LogP) is 3.93. The molecular weight excluding hydrogens is 401 g/mol. The number of benzene rings is 2. The summed E-state index contributed by atoms with van der Waals surface area (Å²) in [7, 11) is 1.20. The SMILES string of the molecule is COC(=O)C(=NOCF)c1ccccc1COc1ccn(-c2ccc(Cl)cc2)n1. The zero-order valence-corrected chi connectivity index (χ0v) is 16.2. The number of ether oxygens (including phenoxy) is 2. The van der Waals surface area contributed by atoms with Crippen molar-refractivity contribution in [3.8, 4) is 11.6 Å². The number of nitrogens with zero attached hydrogens (tertiary/aromatic N) is 3. The molecule has 0 aliphatic carbocycles. The predicted molar refractivity (Wildman–Crippen MR) is 105 cm³/mol. The smallest absolute Gasteiger partial charge is 0.360 e. The summed E-state index contributed by atoms with van der Waals surface area (Å²) in [4.78, 5) is 16.4. The number of hydrogen-bond donors (Lipinski definition) is 0. The Labute approximate surface area is 171 Å². The van der Waals surface area contributed by atoms with Gasteiger partial charge in [0, 0.05) is 22.8 Å². The van der Waals surface area contributed by atoms with Gasteiger partial charge >= 0.3 is 5.97 Å². The molecule has 0 radical (unpaired) electrons. The van der Waals surface area contributed by atoms with Crippen LogP contribution in [0.1, 0.15) is 11.1 Å². The number of carbonyl (C=O) groups excluding carboxylic acids is 1. The van der Waals surface area contributed by atoms with Crippen LogP contribution in [0.15, 0.2) is 65.9 Å². The third kappa shape index (κ3) is 5.11. The maximum Gasteiger partial charge on any atom is 0.360 e. The quantitative estimate of drug-likeness (QED) is 0.315. The molecule has 2 aromatic carbocycles. The standard InChI is InChI=1S/C20H17ClFN3O4/c1-27-20(26)19(24-29-13-22)17-5-3-2-4-14(17)12-28-18-10-11-25(23-18)16-8-6-15(21)7-9-16/h2-11H,12-13H2,1H3. The molecule has 3 rings (SSSR count). The summed E-state index contributed by atoms with van der Waals surface area (Å²) in [5, 5.41) is 8.52. The van der Waals surface area contributed by atoms with Gasteiger partial charge in [0.25, 0.3) is 6.86 Å². The van der Waals surface area contributed by atoms with E-state index in [9.17, 15) is 9.18 Å². The lowest BCUT2D eigenvalue weighted by Crippen LogP contribution is -2.20. The number of carbonyl (C=O) groups is 1. The topological polar surface area (TPSA) is 74.9 Å². The highest BCUT2D eigenvalue weighted by Crippen LogP contribution is 2.18. The summed E-state index contributed by atoms with van der Waals surface area (Å²) < 4.78 is 24.4. The second-order valence-corrected chi connectivity index (χ2v) is 6.13. The highest BCUT2D eigenvalue weighted by molar-refractivity contribution is 6.43. The van der Waals surface area contributed by atoms with Crippen LogP contribution in [0.3, 0.4) is 0 Å². The molecule has 0 fully saturated rings. The Morgan fingerprint density at radius 1 is 1.17 bits per heavy atom. The summed E-state index contributed by atoms with van der Waals surface area (Å²) in [5.41, 5.74) is 1.70. The van der Waals surface area contributed by atoms with E-state index in [0.29, 0.717) is 22.0 Å². The maximum absolute atomic E-state index is 12.3. The van der Waals surface area contributed by atoms with Crippen molar-refractivity contribution < 1.29 is 23.5 Å². The highest BCUT2D eigenvalue weighted by atomic mass is 35.5. The van der Waals surface area contributed by atoms with Gasteiger partial charge in [-0.15, -0.1) is 5.10 Å². The van der Waals surface area contributed by atoms with E-state index in [4.69, 9.17) is 21.1 Å². The molecule has 0 saturated heterocycles. The molecule has 0 unspecified atom stereocenters. The van der Waals surface area contributed by atoms with Crippen LogP contribution in [-0.2, 0) is 21.0 Å². The van der Waals surface area contributed by atoms with Gasteiger partial charge in [0.2, 0.25) is 5.88 Å². The van der Waals surface area contributed by atoms with E-state index in [1.165, 1.54) is 7.11 Å². The van der Waals surface area contributed by atoms with Crippen molar-refractivity contribution in [1.82, 2.24) is 9.78 Å². The van der Waals surface area contributed by atoms with E-state index >= 15 is 0 Å². The van der Waals surface area contributed by atoms with Gasteiger partial charge < -0.3 is 14.3 Å². The molecule has 0 bridgehead atoms. The van der Waals surface area contributed by atoms with Crippen molar-refractivity contribution >= 4 is 23.3 Å². The van der Waals surface area contributed by atoms with Crippen LogP contribution in [0.2, 0.25) is 5.02 Å². The number of aromatic nitrogens is 2. The van der Waals surface area contributed by atoms with Crippen LogP contribution in [0, 0.1) is 0 Å². The Balaban J connectivity index is 1.78. The van der Waals surface area contributed by atoms with Crippen LogP contribution < -0.4 is 4.74 Å². The molecule has 9 heteroatoms. The minimum Gasteiger partial charge on any atom is -0.472 e. The van der Waals surface area contributed by atoms with Crippen LogP contribution in [0.5, 0.6) is 5.88 Å². The van der Waals surface area contributed by atoms with Crippen molar-refractivity contribution in [2.75, 3.05) is 14.0 Å². The lowest BCUT2D eigenvalue weighted by molar-refractivity contribution is -0.132. The summed E-state index contributed by atoms with van der Waals surface area (Å²) >= 11 is 5.90. The molecule has 0 aliphatic heterocycles. The first-order chi connectivity index (χ1) is 14.1. The molecule has 0 aliphatic rings. The van der Waals surface area contributed by atoms with Gasteiger partial charge in [0.05, 0.1) is 12.8 Å². The number of methoxy groups -OCH3 is 1. The van der Waals surface area contributed by atoms with E-state index in [2.05, 4.69) is 15.1 Å². The van der Waals surface area contributed by atoms with Crippen LogP contribution in [-0.4, -0.2) is 35.4 Å². The fourth-order valence-corrected chi connectivity index (χ4v) is 2.66. The number of esters is 1. The van der Waals surface area contributed by atoms with Crippen LogP contribution >= 0.6 is 11.6 Å². The zero-order chi connectivity index (χ0) is 20.6. The number of rotatable bonds is 8. The number of halogens is 2. The lowest BCUT2D eigenvalue weighted by Gasteiger charge is -2.10. The summed E-state index contributed by atoms with van der Waals surface area (Å²) in [5.74, 6) is -0.371. The molecular formula is C20H17ClFN3O4. The fraction of sp³-hybridized carbons (Fsp3) is 0.150. The Hall–Kier alpha value is -3.39. The first-order valence-electron chi connectivity index (χ1n) is 8.49. The molecule has 0 N–H and O–H groups in total. The largest absolute Gasteiger partial charge is 0.472 e. The molecule has 0 amide bonds. The Kier molecular flexibility index (Phi) is 6.80. The fourth-order valence-electron chi connectivity index (χ4n) is 2.53. The highest BCUT2D eigenvalue weighted by Gasteiger charge is 2.19. The second-order valence-electron chi connectivity index (χ2n) is 5.69. The van der Waals surface area contributed by atoms with Gasteiger partial charge in [-0.05, 0) is 29.8 Å². The molecule has 7 nitrogen and oxygen atoms in total. The molecule has 3 aromatic rings. The molecule has 0 atom stereocenters. The Morgan fingerprint density at radius 2 is 1.93 bits per heavy atom. The van der Waals surface area contributed by atoms with Crippen LogP contribution in [0.4, 0.5) is 4.39 Å². The maximum atomic E-state index is 12.3. The number of oxime groups is 1. The van der Waals surface area contributed by atoms with Crippen molar-refractivity contribution in [2.45, 2.75) is 6.61 Å². The van der Waals surface area contributed by atoms with Crippen molar-refractivity contribution in [3.05, 3.63) is 76.9 Å². The lowest BCUT2D eigenvalue weighted by atomic mass is 10.0. The van der Waals surface area contributed by atoms with Crippen molar-refractivity contribution in [2.24, 2.45) is 5.16 Å².